The number of ether oxygens (including phenoxy) is 1. The van der Waals surface area contributed by atoms with Crippen LogP contribution in [0.3, 0.4) is 0 Å². The fourth-order valence-electron chi connectivity index (χ4n) is 9.51. The van der Waals surface area contributed by atoms with Crippen molar-refractivity contribution in [1.29, 1.82) is 0 Å². The van der Waals surface area contributed by atoms with E-state index >= 15 is 0 Å². The van der Waals surface area contributed by atoms with Gasteiger partial charge in [-0.25, -0.2) is 4.68 Å². The molecule has 3 saturated carbocycles. The summed E-state index contributed by atoms with van der Waals surface area (Å²) in [5.74, 6) is 1.00. The third kappa shape index (κ3) is 2.78. The van der Waals surface area contributed by atoms with Crippen molar-refractivity contribution in [3.8, 4) is 5.69 Å². The number of carbonyl (C=O) groups excluding carboxylic acids is 1. The van der Waals surface area contributed by atoms with Crippen molar-refractivity contribution in [3.63, 3.8) is 0 Å². The molecule has 34 heavy (non-hydrogen) atoms. The van der Waals surface area contributed by atoms with Gasteiger partial charge in [-0.05, 0) is 94.2 Å². The van der Waals surface area contributed by atoms with E-state index in [-0.39, 0.29) is 27.6 Å². The van der Waals surface area contributed by atoms with Crippen LogP contribution < -0.4 is 0 Å². The highest BCUT2D eigenvalue weighted by Crippen LogP contribution is 2.73. The summed E-state index contributed by atoms with van der Waals surface area (Å²) in [5.41, 5.74) is 4.02. The van der Waals surface area contributed by atoms with Gasteiger partial charge in [0.1, 0.15) is 0 Å². The number of aromatic nitrogens is 2. The molecule has 0 saturated heterocycles. The van der Waals surface area contributed by atoms with Gasteiger partial charge >= 0.3 is 5.97 Å². The van der Waals surface area contributed by atoms with E-state index in [2.05, 4.69) is 37.7 Å². The second-order valence-corrected chi connectivity index (χ2v) is 12.8. The Morgan fingerprint density at radius 3 is 2.71 bits per heavy atom. The number of esters is 1. The lowest BCUT2D eigenvalue weighted by Gasteiger charge is -2.64. The van der Waals surface area contributed by atoms with Crippen molar-refractivity contribution in [3.05, 3.63) is 46.7 Å². The Hall–Kier alpha value is -1.81. The lowest BCUT2D eigenvalue weighted by atomic mass is 9.40. The Labute approximate surface area is 208 Å². The summed E-state index contributed by atoms with van der Waals surface area (Å²) in [5, 5.41) is 5.70. The zero-order valence-electron chi connectivity index (χ0n) is 21.0. The molecule has 1 aromatic heterocycles. The van der Waals surface area contributed by atoms with Crippen LogP contribution in [0.2, 0.25) is 5.02 Å². The molecule has 0 unspecified atom stereocenters. The van der Waals surface area contributed by atoms with Crippen molar-refractivity contribution in [2.45, 2.75) is 89.9 Å². The number of hydrogen-bond donors (Lipinski definition) is 0. The van der Waals surface area contributed by atoms with E-state index in [1.165, 1.54) is 36.9 Å². The molecule has 6 atom stereocenters. The van der Waals surface area contributed by atoms with E-state index in [9.17, 15) is 4.79 Å². The van der Waals surface area contributed by atoms with E-state index in [4.69, 9.17) is 21.4 Å². The Morgan fingerprint density at radius 2 is 1.94 bits per heavy atom. The molecule has 0 aliphatic heterocycles. The predicted molar refractivity (Wildman–Crippen MR) is 134 cm³/mol. The monoisotopic (exact) mass is 480 g/mol. The molecule has 6 rings (SSSR count). The second kappa shape index (κ2) is 7.35. The molecule has 0 amide bonds. The van der Waals surface area contributed by atoms with Crippen molar-refractivity contribution < 1.29 is 9.53 Å². The molecular formula is C29H37ClN2O2. The minimum Gasteiger partial charge on any atom is -0.466 e. The van der Waals surface area contributed by atoms with E-state index in [0.717, 1.165) is 36.4 Å². The minimum absolute atomic E-state index is 0.0309. The van der Waals surface area contributed by atoms with Crippen LogP contribution in [0.5, 0.6) is 0 Å². The first-order chi connectivity index (χ1) is 16.2. The third-order valence-corrected chi connectivity index (χ3v) is 10.9. The normalized spacial score (nSPS) is 40.3. The van der Waals surface area contributed by atoms with Crippen LogP contribution >= 0.6 is 11.6 Å². The summed E-state index contributed by atoms with van der Waals surface area (Å²) >= 11 is 6.36. The zero-order chi connectivity index (χ0) is 23.9. The molecular weight excluding hydrogens is 444 g/mol. The Kier molecular flexibility index (Phi) is 4.89. The SMILES string of the molecule is CCOC(=O)[C@]1(C)CCC[C@@]2(C)[C@@H]3CC[C@@]4(C)C[C@]3(CC[C@@H]21)c1cnn(-c2cccc(Cl)c2)c14. The topological polar surface area (TPSA) is 44.1 Å². The molecule has 182 valence electrons. The molecule has 3 fully saturated rings. The quantitative estimate of drug-likeness (QED) is 0.444. The van der Waals surface area contributed by atoms with Gasteiger partial charge < -0.3 is 4.74 Å². The largest absolute Gasteiger partial charge is 0.466 e. The first kappa shape index (κ1) is 22.6. The van der Waals surface area contributed by atoms with E-state index in [1.807, 2.05) is 25.1 Å². The van der Waals surface area contributed by atoms with Crippen molar-refractivity contribution in [2.24, 2.45) is 22.7 Å². The average molecular weight is 481 g/mol. The van der Waals surface area contributed by atoms with Gasteiger partial charge in [-0.2, -0.15) is 5.10 Å². The van der Waals surface area contributed by atoms with Crippen molar-refractivity contribution in [1.82, 2.24) is 9.78 Å². The average Bonchev–Trinajstić information content (AvgIpc) is 3.32. The highest BCUT2D eigenvalue weighted by molar-refractivity contribution is 6.30. The lowest BCUT2D eigenvalue weighted by molar-refractivity contribution is -0.180. The summed E-state index contributed by atoms with van der Waals surface area (Å²) in [6.45, 7) is 9.57. The molecule has 0 N–H and O–H groups in total. The molecule has 1 heterocycles. The molecule has 0 radical (unpaired) electrons. The van der Waals surface area contributed by atoms with Crippen molar-refractivity contribution >= 4 is 17.6 Å². The van der Waals surface area contributed by atoms with Gasteiger partial charge in [-0.1, -0.05) is 37.9 Å². The van der Waals surface area contributed by atoms with Gasteiger partial charge in [-0.3, -0.25) is 4.79 Å². The molecule has 2 aromatic rings. The maximum Gasteiger partial charge on any atom is 0.312 e. The number of nitrogens with zero attached hydrogens (tertiary/aromatic N) is 2. The fourth-order valence-corrected chi connectivity index (χ4v) is 9.69. The van der Waals surface area contributed by atoms with Gasteiger partial charge in [0.25, 0.3) is 0 Å². The van der Waals surface area contributed by atoms with Crippen LogP contribution in [-0.4, -0.2) is 22.4 Å². The van der Waals surface area contributed by atoms with E-state index in [1.54, 1.807) is 0 Å². The fraction of sp³-hybridized carbons (Fsp3) is 0.655. The maximum absolute atomic E-state index is 13.2. The smallest absolute Gasteiger partial charge is 0.312 e. The standard InChI is InChI=1S/C29H37ClN2O2/c1-5-34-25(33)28(4)13-7-12-27(3)22(28)11-15-29-18-26(2,14-10-23(27)29)24-21(29)17-31-32(24)20-9-6-8-19(30)16-20/h6,8-9,16-17,22-23H,5,7,10-15,18H2,1-4H3/t22-,23-,26-,27+,28+,29+/m0/s1. The minimum atomic E-state index is -0.363. The number of halogens is 1. The van der Waals surface area contributed by atoms with Crippen LogP contribution in [0, 0.1) is 22.7 Å². The lowest BCUT2D eigenvalue weighted by Crippen LogP contribution is -2.60. The van der Waals surface area contributed by atoms with Crippen LogP contribution in [0.1, 0.15) is 90.3 Å². The Bertz CT molecular complexity index is 1160. The molecule has 4 nitrogen and oxygen atoms in total. The highest BCUT2D eigenvalue weighted by Gasteiger charge is 2.68. The van der Waals surface area contributed by atoms with Gasteiger partial charge in [0.2, 0.25) is 0 Å². The summed E-state index contributed by atoms with van der Waals surface area (Å²) < 4.78 is 7.82. The number of hydrogen-bond acceptors (Lipinski definition) is 3. The van der Waals surface area contributed by atoms with Crippen LogP contribution in [0.4, 0.5) is 0 Å². The molecule has 5 heteroatoms. The third-order valence-electron chi connectivity index (χ3n) is 10.7. The van der Waals surface area contributed by atoms with Crippen LogP contribution in [0.25, 0.3) is 5.69 Å². The van der Waals surface area contributed by atoms with Crippen LogP contribution in [-0.2, 0) is 20.4 Å². The molecule has 1 spiro atoms. The number of carbonyl (C=O) groups is 1. The van der Waals surface area contributed by atoms with Gasteiger partial charge in [0, 0.05) is 21.4 Å². The molecule has 2 bridgehead atoms. The number of fused-ring (bicyclic) bond motifs is 5. The van der Waals surface area contributed by atoms with Gasteiger partial charge in [0.15, 0.2) is 0 Å². The predicted octanol–water partition coefficient (Wildman–Crippen LogP) is 7.00. The first-order valence-electron chi connectivity index (χ1n) is 13.2. The summed E-state index contributed by atoms with van der Waals surface area (Å²) in [6.07, 6.45) is 11.3. The Morgan fingerprint density at radius 1 is 1.15 bits per heavy atom. The maximum atomic E-state index is 13.2. The van der Waals surface area contributed by atoms with Gasteiger partial charge in [-0.15, -0.1) is 0 Å². The number of rotatable bonds is 3. The molecule has 1 aromatic carbocycles. The second-order valence-electron chi connectivity index (χ2n) is 12.4. The first-order valence-corrected chi connectivity index (χ1v) is 13.6. The van der Waals surface area contributed by atoms with E-state index in [0.29, 0.717) is 18.4 Å². The summed E-state index contributed by atoms with van der Waals surface area (Å²) in [7, 11) is 0. The zero-order valence-corrected chi connectivity index (χ0v) is 21.8. The molecule has 4 aliphatic rings. The molecule has 4 aliphatic carbocycles. The van der Waals surface area contributed by atoms with Crippen LogP contribution in [0.15, 0.2) is 30.5 Å². The van der Waals surface area contributed by atoms with Gasteiger partial charge in [0.05, 0.1) is 29.6 Å². The van der Waals surface area contributed by atoms with E-state index < -0.39 is 0 Å². The summed E-state index contributed by atoms with van der Waals surface area (Å²) in [4.78, 5) is 13.2. The summed E-state index contributed by atoms with van der Waals surface area (Å²) in [6, 6.07) is 8.08. The number of benzene rings is 1. The highest BCUT2D eigenvalue weighted by atomic mass is 35.5. The van der Waals surface area contributed by atoms with Crippen molar-refractivity contribution in [2.75, 3.05) is 6.61 Å². The Balaban J connectivity index is 1.45.